The van der Waals surface area contributed by atoms with Crippen LogP contribution in [0.5, 0.6) is 0 Å². The Morgan fingerprint density at radius 3 is 2.86 bits per heavy atom. The Morgan fingerprint density at radius 1 is 1.64 bits per heavy atom. The van der Waals surface area contributed by atoms with Crippen LogP contribution in [-0.4, -0.2) is 59.4 Å². The molecule has 1 fully saturated rings. The van der Waals surface area contributed by atoms with Crippen LogP contribution in [0.2, 0.25) is 0 Å². The standard InChI is InChI=1S/C9H19NO4/c1-7-9(13,2-3-14-7)6-10-4-8(12)5-11/h7-8,10-13H,2-6H2,1H3. The molecule has 1 heterocycles. The van der Waals surface area contributed by atoms with Crippen LogP contribution in [0, 0.1) is 0 Å². The summed E-state index contributed by atoms with van der Waals surface area (Å²) in [4.78, 5) is 0. The lowest BCUT2D eigenvalue weighted by molar-refractivity contribution is -0.0281. The van der Waals surface area contributed by atoms with Crippen LogP contribution in [0.25, 0.3) is 0 Å². The van der Waals surface area contributed by atoms with E-state index < -0.39 is 11.7 Å². The first-order valence-electron chi connectivity index (χ1n) is 4.92. The molecule has 5 heteroatoms. The normalized spacial score (nSPS) is 34.7. The van der Waals surface area contributed by atoms with Gasteiger partial charge in [-0.05, 0) is 6.92 Å². The molecule has 0 amide bonds. The quantitative estimate of drug-likeness (QED) is 0.438. The van der Waals surface area contributed by atoms with E-state index in [1.54, 1.807) is 0 Å². The third-order valence-corrected chi connectivity index (χ3v) is 2.68. The Kier molecular flexibility index (Phi) is 4.28. The number of hydrogen-bond acceptors (Lipinski definition) is 5. The van der Waals surface area contributed by atoms with E-state index in [4.69, 9.17) is 14.9 Å². The molecule has 0 spiro atoms. The summed E-state index contributed by atoms with van der Waals surface area (Å²) in [6.45, 7) is 2.80. The van der Waals surface area contributed by atoms with Gasteiger partial charge in [-0.3, -0.25) is 0 Å². The molecular formula is C9H19NO4. The first-order chi connectivity index (χ1) is 6.58. The van der Waals surface area contributed by atoms with Crippen LogP contribution in [-0.2, 0) is 4.74 Å². The number of hydrogen-bond donors (Lipinski definition) is 4. The minimum atomic E-state index is -0.838. The molecule has 4 N–H and O–H groups in total. The zero-order valence-corrected chi connectivity index (χ0v) is 8.44. The third kappa shape index (κ3) is 2.90. The predicted molar refractivity (Wildman–Crippen MR) is 50.9 cm³/mol. The molecule has 0 radical (unpaired) electrons. The fraction of sp³-hybridized carbons (Fsp3) is 1.00. The topological polar surface area (TPSA) is 82.0 Å². The Labute approximate surface area is 83.7 Å². The molecule has 14 heavy (non-hydrogen) atoms. The fourth-order valence-electron chi connectivity index (χ4n) is 1.52. The van der Waals surface area contributed by atoms with Crippen molar-refractivity contribution in [2.24, 2.45) is 0 Å². The van der Waals surface area contributed by atoms with Crippen molar-refractivity contribution in [3.63, 3.8) is 0 Å². The second-order valence-electron chi connectivity index (χ2n) is 3.83. The van der Waals surface area contributed by atoms with Gasteiger partial charge in [-0.15, -0.1) is 0 Å². The number of aliphatic hydroxyl groups is 3. The zero-order chi connectivity index (χ0) is 10.6. The average Bonchev–Trinajstić information content (AvgIpc) is 2.47. The van der Waals surface area contributed by atoms with Crippen molar-refractivity contribution in [1.82, 2.24) is 5.32 Å². The van der Waals surface area contributed by atoms with E-state index in [2.05, 4.69) is 5.32 Å². The molecule has 0 aromatic heterocycles. The van der Waals surface area contributed by atoms with E-state index in [1.807, 2.05) is 6.92 Å². The molecule has 3 atom stereocenters. The van der Waals surface area contributed by atoms with Crippen molar-refractivity contribution in [2.75, 3.05) is 26.3 Å². The van der Waals surface area contributed by atoms with Crippen LogP contribution in [0.1, 0.15) is 13.3 Å². The largest absolute Gasteiger partial charge is 0.394 e. The molecule has 0 aliphatic carbocycles. The van der Waals surface area contributed by atoms with Crippen molar-refractivity contribution in [3.05, 3.63) is 0 Å². The SMILES string of the molecule is CC1OCCC1(O)CNCC(O)CO. The van der Waals surface area contributed by atoms with Gasteiger partial charge >= 0.3 is 0 Å². The van der Waals surface area contributed by atoms with Crippen LogP contribution in [0.3, 0.4) is 0 Å². The van der Waals surface area contributed by atoms with Crippen LogP contribution >= 0.6 is 0 Å². The highest BCUT2D eigenvalue weighted by Gasteiger charge is 2.38. The number of aliphatic hydroxyl groups excluding tert-OH is 2. The summed E-state index contributed by atoms with van der Waals surface area (Å²) in [6.07, 6.45) is -0.339. The summed E-state index contributed by atoms with van der Waals surface area (Å²) in [5, 5.41) is 30.5. The average molecular weight is 205 g/mol. The molecule has 3 unspecified atom stereocenters. The highest BCUT2D eigenvalue weighted by molar-refractivity contribution is 4.91. The fourth-order valence-corrected chi connectivity index (χ4v) is 1.52. The smallest absolute Gasteiger partial charge is 0.105 e. The van der Waals surface area contributed by atoms with E-state index in [9.17, 15) is 5.11 Å². The van der Waals surface area contributed by atoms with Gasteiger partial charge in [-0.2, -0.15) is 0 Å². The predicted octanol–water partition coefficient (Wildman–Crippen LogP) is -1.53. The van der Waals surface area contributed by atoms with Crippen molar-refractivity contribution < 1.29 is 20.1 Å². The van der Waals surface area contributed by atoms with E-state index >= 15 is 0 Å². The van der Waals surface area contributed by atoms with Gasteiger partial charge in [0.05, 0.1) is 18.8 Å². The van der Waals surface area contributed by atoms with E-state index in [0.29, 0.717) is 19.6 Å². The van der Waals surface area contributed by atoms with Gasteiger partial charge in [0.1, 0.15) is 5.60 Å². The summed E-state index contributed by atoms with van der Waals surface area (Å²) in [6, 6.07) is 0. The molecule has 84 valence electrons. The molecule has 5 nitrogen and oxygen atoms in total. The molecule has 0 saturated carbocycles. The molecule has 1 saturated heterocycles. The van der Waals surface area contributed by atoms with Crippen LogP contribution in [0.4, 0.5) is 0 Å². The van der Waals surface area contributed by atoms with Gasteiger partial charge in [0.2, 0.25) is 0 Å². The number of rotatable bonds is 5. The van der Waals surface area contributed by atoms with Crippen molar-refractivity contribution in [3.8, 4) is 0 Å². The first kappa shape index (κ1) is 11.9. The monoisotopic (exact) mass is 205 g/mol. The lowest BCUT2D eigenvalue weighted by atomic mass is 9.97. The van der Waals surface area contributed by atoms with Gasteiger partial charge < -0.3 is 25.4 Å². The summed E-state index contributed by atoms with van der Waals surface area (Å²) in [7, 11) is 0. The lowest BCUT2D eigenvalue weighted by Crippen LogP contribution is -2.47. The van der Waals surface area contributed by atoms with Gasteiger partial charge in [0, 0.05) is 26.1 Å². The molecule has 1 aliphatic rings. The molecule has 0 aromatic rings. The van der Waals surface area contributed by atoms with Gasteiger partial charge in [-0.25, -0.2) is 0 Å². The van der Waals surface area contributed by atoms with Gasteiger partial charge in [0.15, 0.2) is 0 Å². The van der Waals surface area contributed by atoms with E-state index in [1.165, 1.54) is 0 Å². The van der Waals surface area contributed by atoms with Gasteiger partial charge in [-0.1, -0.05) is 0 Å². The molecule has 1 aliphatic heterocycles. The Bertz CT molecular complexity index is 178. The first-order valence-corrected chi connectivity index (χ1v) is 4.92. The minimum absolute atomic E-state index is 0.179. The van der Waals surface area contributed by atoms with Crippen molar-refractivity contribution in [2.45, 2.75) is 31.2 Å². The maximum Gasteiger partial charge on any atom is 0.105 e. The Hall–Kier alpha value is -0.200. The molecule has 0 bridgehead atoms. The Balaban J connectivity index is 2.23. The second kappa shape index (κ2) is 5.04. The summed E-state index contributed by atoms with van der Waals surface area (Å²) >= 11 is 0. The molecular weight excluding hydrogens is 186 g/mol. The van der Waals surface area contributed by atoms with Crippen LogP contribution in [0.15, 0.2) is 0 Å². The molecule has 1 rings (SSSR count). The zero-order valence-electron chi connectivity index (χ0n) is 8.44. The number of ether oxygens (including phenoxy) is 1. The third-order valence-electron chi connectivity index (χ3n) is 2.68. The minimum Gasteiger partial charge on any atom is -0.394 e. The summed E-state index contributed by atoms with van der Waals surface area (Å²) in [5.41, 5.74) is -0.838. The maximum absolute atomic E-state index is 10.0. The summed E-state index contributed by atoms with van der Waals surface area (Å²) in [5.74, 6) is 0. The molecule has 0 aromatic carbocycles. The van der Waals surface area contributed by atoms with Gasteiger partial charge in [0.25, 0.3) is 0 Å². The van der Waals surface area contributed by atoms with E-state index in [0.717, 1.165) is 0 Å². The Morgan fingerprint density at radius 2 is 2.36 bits per heavy atom. The van der Waals surface area contributed by atoms with Crippen molar-refractivity contribution >= 4 is 0 Å². The van der Waals surface area contributed by atoms with Crippen molar-refractivity contribution in [1.29, 1.82) is 0 Å². The number of nitrogens with one attached hydrogen (secondary N) is 1. The van der Waals surface area contributed by atoms with E-state index in [-0.39, 0.29) is 19.3 Å². The van der Waals surface area contributed by atoms with Crippen LogP contribution < -0.4 is 5.32 Å². The summed E-state index contributed by atoms with van der Waals surface area (Å²) < 4.78 is 5.25. The highest BCUT2D eigenvalue weighted by atomic mass is 16.5. The highest BCUT2D eigenvalue weighted by Crippen LogP contribution is 2.24. The lowest BCUT2D eigenvalue weighted by Gasteiger charge is -2.26. The maximum atomic E-state index is 10.0. The second-order valence-corrected chi connectivity index (χ2v) is 3.83.